The topological polar surface area (TPSA) is 64.4 Å². The number of halogens is 1. The normalized spacial score (nSPS) is 12.2. The highest BCUT2D eigenvalue weighted by Crippen LogP contribution is 2.19. The average Bonchev–Trinajstić information content (AvgIpc) is 2.58. The number of nitrogens with two attached hydrogens (primary N) is 1. The second-order valence-electron chi connectivity index (χ2n) is 7.32. The minimum Gasteiger partial charge on any atom is -0.376 e. The maximum absolute atomic E-state index is 12.2. The highest BCUT2D eigenvalue weighted by molar-refractivity contribution is 5.95. The minimum atomic E-state index is -0.557. The molecule has 26 heavy (non-hydrogen) atoms. The van der Waals surface area contributed by atoms with E-state index in [0.717, 1.165) is 17.7 Å². The molecule has 0 aromatic heterocycles. The molecule has 0 radical (unpaired) electrons. The van der Waals surface area contributed by atoms with Gasteiger partial charge in [-0.15, -0.1) is 12.4 Å². The zero-order valence-electron chi connectivity index (χ0n) is 15.7. The molecule has 0 aliphatic rings. The fourth-order valence-corrected chi connectivity index (χ4v) is 2.38. The molecule has 5 heteroatoms. The molecule has 142 valence electrons. The van der Waals surface area contributed by atoms with E-state index in [4.69, 9.17) is 10.5 Å². The van der Waals surface area contributed by atoms with Gasteiger partial charge in [-0.25, -0.2) is 0 Å². The van der Waals surface area contributed by atoms with Gasteiger partial charge in [-0.1, -0.05) is 63.2 Å². The summed E-state index contributed by atoms with van der Waals surface area (Å²) >= 11 is 0. The lowest BCUT2D eigenvalue weighted by atomic mass is 9.87. The summed E-state index contributed by atoms with van der Waals surface area (Å²) in [5, 5.41) is 2.89. The first kappa shape index (κ1) is 22.2. The van der Waals surface area contributed by atoms with Crippen molar-refractivity contribution in [3.05, 3.63) is 65.7 Å². The largest absolute Gasteiger partial charge is 0.376 e. The van der Waals surface area contributed by atoms with Crippen LogP contribution in [0.1, 0.15) is 31.9 Å². The first-order valence-corrected chi connectivity index (χ1v) is 8.63. The molecule has 3 N–H and O–H groups in total. The van der Waals surface area contributed by atoms with Crippen LogP contribution in [0.5, 0.6) is 0 Å². The predicted octanol–water partition coefficient (Wildman–Crippen LogP) is 4.18. The van der Waals surface area contributed by atoms with Crippen molar-refractivity contribution in [2.45, 2.75) is 39.8 Å². The number of carbonyl (C=O) groups excluding carboxylic acids is 1. The standard InChI is InChI=1S/C21H28N2O2.ClH/c1-21(2,3)19(22)20(24)23-18-11-7-10-17(14-18)15-25-13-12-16-8-5-4-6-9-16;/h4-11,14,19H,12-13,15,22H2,1-3H3,(H,23,24);1H/t19-;/m1./s1. The van der Waals surface area contributed by atoms with Gasteiger partial charge in [0.2, 0.25) is 5.91 Å². The van der Waals surface area contributed by atoms with Gasteiger partial charge in [0, 0.05) is 5.69 Å². The number of carbonyl (C=O) groups is 1. The Morgan fingerprint density at radius 1 is 1.08 bits per heavy atom. The molecule has 0 saturated carbocycles. The lowest BCUT2D eigenvalue weighted by molar-refractivity contribution is -0.119. The van der Waals surface area contributed by atoms with Gasteiger partial charge in [-0.3, -0.25) is 4.79 Å². The number of ether oxygens (including phenoxy) is 1. The van der Waals surface area contributed by atoms with Crippen molar-refractivity contribution < 1.29 is 9.53 Å². The summed E-state index contributed by atoms with van der Waals surface area (Å²) in [6.07, 6.45) is 0.887. The zero-order valence-corrected chi connectivity index (χ0v) is 16.5. The smallest absolute Gasteiger partial charge is 0.241 e. The third-order valence-electron chi connectivity index (χ3n) is 4.06. The van der Waals surface area contributed by atoms with Crippen LogP contribution in [0.15, 0.2) is 54.6 Å². The molecule has 0 bridgehead atoms. The van der Waals surface area contributed by atoms with E-state index < -0.39 is 6.04 Å². The molecular weight excluding hydrogens is 348 g/mol. The van der Waals surface area contributed by atoms with Crippen LogP contribution in [0.2, 0.25) is 0 Å². The molecule has 1 atom stereocenters. The molecule has 0 aliphatic carbocycles. The summed E-state index contributed by atoms with van der Waals surface area (Å²) in [4.78, 5) is 12.2. The van der Waals surface area contributed by atoms with Crippen molar-refractivity contribution in [2.75, 3.05) is 11.9 Å². The van der Waals surface area contributed by atoms with Gasteiger partial charge in [0.25, 0.3) is 0 Å². The van der Waals surface area contributed by atoms with Crippen LogP contribution < -0.4 is 11.1 Å². The number of hydrogen-bond acceptors (Lipinski definition) is 3. The van der Waals surface area contributed by atoms with Gasteiger partial charge in [0.05, 0.1) is 19.3 Å². The molecule has 4 nitrogen and oxygen atoms in total. The SMILES string of the molecule is CC(C)(C)[C@H](N)C(=O)Nc1cccc(COCCc2ccccc2)c1.Cl. The van der Waals surface area contributed by atoms with Gasteiger partial charge < -0.3 is 15.8 Å². The minimum absolute atomic E-state index is 0. The summed E-state index contributed by atoms with van der Waals surface area (Å²) in [5.74, 6) is -0.172. The van der Waals surface area contributed by atoms with E-state index in [2.05, 4.69) is 17.4 Å². The third-order valence-corrected chi connectivity index (χ3v) is 4.06. The molecule has 1 amide bonds. The Labute approximate surface area is 162 Å². The number of benzene rings is 2. The van der Waals surface area contributed by atoms with E-state index in [0.29, 0.717) is 13.2 Å². The summed E-state index contributed by atoms with van der Waals surface area (Å²) in [5.41, 5.74) is 8.75. The Kier molecular flexibility index (Phi) is 8.79. The van der Waals surface area contributed by atoms with Crippen LogP contribution in [0.3, 0.4) is 0 Å². The summed E-state index contributed by atoms with van der Waals surface area (Å²) < 4.78 is 5.75. The third kappa shape index (κ3) is 7.16. The van der Waals surface area contributed by atoms with E-state index >= 15 is 0 Å². The Morgan fingerprint density at radius 3 is 2.38 bits per heavy atom. The number of rotatable bonds is 7. The first-order valence-electron chi connectivity index (χ1n) is 8.63. The van der Waals surface area contributed by atoms with Crippen molar-refractivity contribution in [1.29, 1.82) is 0 Å². The number of anilines is 1. The van der Waals surface area contributed by atoms with Gasteiger partial charge in [0.1, 0.15) is 0 Å². The van der Waals surface area contributed by atoms with Crippen molar-refractivity contribution >= 4 is 24.0 Å². The Bertz CT molecular complexity index is 684. The molecule has 0 heterocycles. The highest BCUT2D eigenvalue weighted by Gasteiger charge is 2.27. The zero-order chi connectivity index (χ0) is 18.3. The molecule has 0 unspecified atom stereocenters. The highest BCUT2D eigenvalue weighted by atomic mass is 35.5. The van der Waals surface area contributed by atoms with E-state index in [1.165, 1.54) is 5.56 Å². The maximum Gasteiger partial charge on any atom is 0.241 e. The van der Waals surface area contributed by atoms with Crippen molar-refractivity contribution in [3.63, 3.8) is 0 Å². The summed E-state index contributed by atoms with van der Waals surface area (Å²) in [6, 6.07) is 17.4. The van der Waals surface area contributed by atoms with Crippen molar-refractivity contribution in [1.82, 2.24) is 0 Å². The fraction of sp³-hybridized carbons (Fsp3) is 0.381. The second kappa shape index (κ2) is 10.3. The molecule has 0 fully saturated rings. The van der Waals surface area contributed by atoms with Gasteiger partial charge in [0.15, 0.2) is 0 Å². The van der Waals surface area contributed by atoms with E-state index in [-0.39, 0.29) is 23.7 Å². The van der Waals surface area contributed by atoms with E-state index in [1.807, 2.05) is 63.2 Å². The van der Waals surface area contributed by atoms with E-state index in [9.17, 15) is 4.79 Å². The summed E-state index contributed by atoms with van der Waals surface area (Å²) in [7, 11) is 0. The van der Waals surface area contributed by atoms with Gasteiger partial charge >= 0.3 is 0 Å². The first-order chi connectivity index (χ1) is 11.9. The predicted molar refractivity (Wildman–Crippen MR) is 110 cm³/mol. The van der Waals surface area contributed by atoms with E-state index in [1.54, 1.807) is 0 Å². The Balaban J connectivity index is 0.00000338. The van der Waals surface area contributed by atoms with Gasteiger partial charge in [-0.05, 0) is 35.1 Å². The van der Waals surface area contributed by atoms with Gasteiger partial charge in [-0.2, -0.15) is 0 Å². The fourth-order valence-electron chi connectivity index (χ4n) is 2.38. The molecule has 0 aliphatic heterocycles. The molecule has 0 saturated heterocycles. The van der Waals surface area contributed by atoms with Crippen LogP contribution in [0.4, 0.5) is 5.69 Å². The van der Waals surface area contributed by atoms with Crippen LogP contribution in [0.25, 0.3) is 0 Å². The van der Waals surface area contributed by atoms with Crippen molar-refractivity contribution in [2.24, 2.45) is 11.1 Å². The number of nitrogens with one attached hydrogen (secondary N) is 1. The molecule has 2 aromatic rings. The summed E-state index contributed by atoms with van der Waals surface area (Å²) in [6.45, 7) is 7.04. The monoisotopic (exact) mass is 376 g/mol. The van der Waals surface area contributed by atoms with Crippen molar-refractivity contribution in [3.8, 4) is 0 Å². The van der Waals surface area contributed by atoms with Crippen LogP contribution >= 0.6 is 12.4 Å². The Morgan fingerprint density at radius 2 is 1.73 bits per heavy atom. The lowest BCUT2D eigenvalue weighted by Crippen LogP contribution is -2.45. The number of amides is 1. The average molecular weight is 377 g/mol. The molecule has 0 spiro atoms. The number of hydrogen-bond donors (Lipinski definition) is 2. The van der Waals surface area contributed by atoms with Crippen LogP contribution in [0, 0.1) is 5.41 Å². The molecule has 2 rings (SSSR count). The second-order valence-corrected chi connectivity index (χ2v) is 7.32. The quantitative estimate of drug-likeness (QED) is 0.712. The lowest BCUT2D eigenvalue weighted by Gasteiger charge is -2.25. The maximum atomic E-state index is 12.2. The van der Waals surface area contributed by atoms with Crippen LogP contribution in [-0.2, 0) is 22.6 Å². The van der Waals surface area contributed by atoms with Crippen LogP contribution in [-0.4, -0.2) is 18.6 Å². The Hall–Kier alpha value is -1.88. The molecule has 2 aromatic carbocycles. The molecular formula is C21H29ClN2O2.